The molecule has 0 radical (unpaired) electrons. The van der Waals surface area contributed by atoms with E-state index in [9.17, 15) is 9.18 Å². The SMILES string of the molecule is CC(C)(C)C1CCCN(C(=O)c2ccc(Br)c(F)c2)CC1. The summed E-state index contributed by atoms with van der Waals surface area (Å²) in [5.74, 6) is 0.191. The summed E-state index contributed by atoms with van der Waals surface area (Å²) in [6.07, 6.45) is 3.20. The Morgan fingerprint density at radius 3 is 2.62 bits per heavy atom. The van der Waals surface area contributed by atoms with Crippen molar-refractivity contribution in [1.82, 2.24) is 4.90 Å². The molecule has 1 aliphatic heterocycles. The van der Waals surface area contributed by atoms with Crippen molar-refractivity contribution in [3.63, 3.8) is 0 Å². The molecule has 2 rings (SSSR count). The summed E-state index contributed by atoms with van der Waals surface area (Å²) in [7, 11) is 0. The van der Waals surface area contributed by atoms with E-state index in [0.29, 0.717) is 16.0 Å². The Kier molecular flexibility index (Phi) is 5.07. The van der Waals surface area contributed by atoms with Crippen molar-refractivity contribution in [1.29, 1.82) is 0 Å². The van der Waals surface area contributed by atoms with Crippen molar-refractivity contribution in [2.75, 3.05) is 13.1 Å². The van der Waals surface area contributed by atoms with Gasteiger partial charge in [0.05, 0.1) is 4.47 Å². The van der Waals surface area contributed by atoms with Gasteiger partial charge >= 0.3 is 0 Å². The summed E-state index contributed by atoms with van der Waals surface area (Å²) in [5, 5.41) is 0. The Balaban J connectivity index is 2.08. The van der Waals surface area contributed by atoms with Gasteiger partial charge in [-0.05, 0) is 64.7 Å². The lowest BCUT2D eigenvalue weighted by Gasteiger charge is -2.29. The van der Waals surface area contributed by atoms with Gasteiger partial charge in [0.2, 0.25) is 0 Å². The molecule has 1 heterocycles. The zero-order valence-corrected chi connectivity index (χ0v) is 14.5. The lowest BCUT2D eigenvalue weighted by Crippen LogP contribution is -2.32. The van der Waals surface area contributed by atoms with Crippen LogP contribution in [0.3, 0.4) is 0 Å². The number of hydrogen-bond acceptors (Lipinski definition) is 1. The van der Waals surface area contributed by atoms with E-state index in [1.807, 2.05) is 4.90 Å². The molecule has 4 heteroatoms. The van der Waals surface area contributed by atoms with Crippen LogP contribution in [0.5, 0.6) is 0 Å². The summed E-state index contributed by atoms with van der Waals surface area (Å²) in [6, 6.07) is 4.60. The maximum atomic E-state index is 13.6. The second-order valence-electron chi connectivity index (χ2n) is 6.91. The summed E-state index contributed by atoms with van der Waals surface area (Å²) in [6.45, 7) is 8.32. The largest absolute Gasteiger partial charge is 0.339 e. The van der Waals surface area contributed by atoms with Crippen molar-refractivity contribution in [3.05, 3.63) is 34.1 Å². The number of carbonyl (C=O) groups is 1. The van der Waals surface area contributed by atoms with Crippen molar-refractivity contribution in [3.8, 4) is 0 Å². The van der Waals surface area contributed by atoms with E-state index in [-0.39, 0.29) is 17.1 Å². The van der Waals surface area contributed by atoms with Crippen LogP contribution >= 0.6 is 15.9 Å². The maximum absolute atomic E-state index is 13.6. The molecule has 0 saturated carbocycles. The Bertz CT molecular complexity index is 524. The molecule has 21 heavy (non-hydrogen) atoms. The van der Waals surface area contributed by atoms with Crippen LogP contribution in [-0.2, 0) is 0 Å². The highest BCUT2D eigenvalue weighted by atomic mass is 79.9. The average Bonchev–Trinajstić information content (AvgIpc) is 2.66. The fourth-order valence-electron chi connectivity index (χ4n) is 2.98. The standard InChI is InChI=1S/C17H23BrFNO/c1-17(2,3)13-5-4-9-20(10-8-13)16(21)12-6-7-14(18)15(19)11-12/h6-7,11,13H,4-5,8-10H2,1-3H3. The number of benzene rings is 1. The molecule has 0 spiro atoms. The highest BCUT2D eigenvalue weighted by Crippen LogP contribution is 2.34. The van der Waals surface area contributed by atoms with E-state index in [4.69, 9.17) is 0 Å². The molecule has 2 nitrogen and oxygen atoms in total. The van der Waals surface area contributed by atoms with Crippen LogP contribution in [0, 0.1) is 17.2 Å². The third kappa shape index (κ3) is 4.06. The predicted molar refractivity (Wildman–Crippen MR) is 86.8 cm³/mol. The topological polar surface area (TPSA) is 20.3 Å². The normalized spacial score (nSPS) is 20.2. The van der Waals surface area contributed by atoms with Gasteiger partial charge in [-0.25, -0.2) is 4.39 Å². The van der Waals surface area contributed by atoms with Gasteiger partial charge in [-0.3, -0.25) is 4.79 Å². The van der Waals surface area contributed by atoms with Crippen molar-refractivity contribution in [2.24, 2.45) is 11.3 Å². The number of carbonyl (C=O) groups excluding carboxylic acids is 1. The molecule has 1 amide bonds. The second kappa shape index (κ2) is 6.47. The Hall–Kier alpha value is -0.900. The molecule has 1 aromatic carbocycles. The molecule has 0 aliphatic carbocycles. The minimum Gasteiger partial charge on any atom is -0.339 e. The molecule has 1 unspecified atom stereocenters. The van der Waals surface area contributed by atoms with Crippen LogP contribution < -0.4 is 0 Å². The third-order valence-corrected chi connectivity index (χ3v) is 5.05. The van der Waals surface area contributed by atoms with E-state index in [2.05, 4.69) is 36.7 Å². The average molecular weight is 356 g/mol. The molecule has 0 bridgehead atoms. The second-order valence-corrected chi connectivity index (χ2v) is 7.77. The van der Waals surface area contributed by atoms with Crippen molar-refractivity contribution >= 4 is 21.8 Å². The fraction of sp³-hybridized carbons (Fsp3) is 0.588. The quantitative estimate of drug-likeness (QED) is 0.703. The molecule has 0 N–H and O–H groups in total. The van der Waals surface area contributed by atoms with Gasteiger partial charge in [0.15, 0.2) is 0 Å². The first kappa shape index (κ1) is 16.5. The molecule has 1 saturated heterocycles. The van der Waals surface area contributed by atoms with Gasteiger partial charge < -0.3 is 4.90 Å². The van der Waals surface area contributed by atoms with Gasteiger partial charge in [-0.15, -0.1) is 0 Å². The molecular weight excluding hydrogens is 333 g/mol. The summed E-state index contributed by atoms with van der Waals surface area (Å²) < 4.78 is 14.0. The molecule has 1 atom stereocenters. The van der Waals surface area contributed by atoms with Gasteiger partial charge in [0, 0.05) is 18.7 Å². The lowest BCUT2D eigenvalue weighted by molar-refractivity contribution is 0.0755. The first-order valence-corrected chi connectivity index (χ1v) is 8.32. The van der Waals surface area contributed by atoms with Gasteiger partial charge in [0.1, 0.15) is 5.82 Å². The van der Waals surface area contributed by atoms with E-state index >= 15 is 0 Å². The first-order valence-electron chi connectivity index (χ1n) is 7.53. The van der Waals surface area contributed by atoms with Gasteiger partial charge in [0.25, 0.3) is 5.91 Å². The number of rotatable bonds is 1. The Labute approximate surface area is 134 Å². The van der Waals surface area contributed by atoms with Crippen LogP contribution in [0.2, 0.25) is 0 Å². The Morgan fingerprint density at radius 2 is 2.00 bits per heavy atom. The van der Waals surface area contributed by atoms with Crippen molar-refractivity contribution < 1.29 is 9.18 Å². The minimum atomic E-state index is -0.386. The monoisotopic (exact) mass is 355 g/mol. The molecule has 1 fully saturated rings. The molecule has 1 aliphatic rings. The number of likely N-dealkylation sites (tertiary alicyclic amines) is 1. The highest BCUT2D eigenvalue weighted by molar-refractivity contribution is 9.10. The van der Waals surface area contributed by atoms with Crippen LogP contribution in [0.4, 0.5) is 4.39 Å². The molecule has 116 valence electrons. The number of nitrogens with zero attached hydrogens (tertiary/aromatic N) is 1. The number of hydrogen-bond donors (Lipinski definition) is 0. The molecule has 1 aromatic rings. The summed E-state index contributed by atoms with van der Waals surface area (Å²) in [5.41, 5.74) is 0.716. The number of halogens is 2. The van der Waals surface area contributed by atoms with Crippen LogP contribution in [0.1, 0.15) is 50.4 Å². The first-order chi connectivity index (χ1) is 9.79. The summed E-state index contributed by atoms with van der Waals surface area (Å²) >= 11 is 3.12. The Morgan fingerprint density at radius 1 is 1.29 bits per heavy atom. The summed E-state index contributed by atoms with van der Waals surface area (Å²) in [4.78, 5) is 14.4. The van der Waals surface area contributed by atoms with E-state index in [1.165, 1.54) is 6.07 Å². The van der Waals surface area contributed by atoms with Crippen LogP contribution in [0.15, 0.2) is 22.7 Å². The minimum absolute atomic E-state index is 0.0593. The van der Waals surface area contributed by atoms with Gasteiger partial charge in [-0.1, -0.05) is 20.8 Å². The van der Waals surface area contributed by atoms with Crippen LogP contribution in [0.25, 0.3) is 0 Å². The molecular formula is C17H23BrFNO. The van der Waals surface area contributed by atoms with Gasteiger partial charge in [-0.2, -0.15) is 0 Å². The van der Waals surface area contributed by atoms with Crippen molar-refractivity contribution in [2.45, 2.75) is 40.0 Å². The zero-order chi connectivity index (χ0) is 15.6. The number of amides is 1. The van der Waals surface area contributed by atoms with E-state index < -0.39 is 0 Å². The fourth-order valence-corrected chi connectivity index (χ4v) is 3.22. The third-order valence-electron chi connectivity index (χ3n) is 4.41. The predicted octanol–water partition coefficient (Wildman–Crippen LogP) is 4.88. The van der Waals surface area contributed by atoms with E-state index in [1.54, 1.807) is 12.1 Å². The van der Waals surface area contributed by atoms with Crippen LogP contribution in [-0.4, -0.2) is 23.9 Å². The molecule has 0 aromatic heterocycles. The van der Waals surface area contributed by atoms with E-state index in [0.717, 1.165) is 32.4 Å². The smallest absolute Gasteiger partial charge is 0.253 e. The highest BCUT2D eigenvalue weighted by Gasteiger charge is 2.28. The maximum Gasteiger partial charge on any atom is 0.253 e. The lowest BCUT2D eigenvalue weighted by atomic mass is 9.77. The zero-order valence-electron chi connectivity index (χ0n) is 13.0.